The summed E-state index contributed by atoms with van der Waals surface area (Å²) in [6.07, 6.45) is 2.79. The Hall–Kier alpha value is -1.36. The fourth-order valence-electron chi connectivity index (χ4n) is 1.33. The summed E-state index contributed by atoms with van der Waals surface area (Å²) in [7, 11) is 3.85. The SMILES string of the molecule is CC(CCN)CNc1ccnc(N(C)C)n1. The molecule has 1 aromatic rings. The molecule has 0 saturated heterocycles. The standard InChI is InChI=1S/C11H21N5/c1-9(4-6-12)8-14-10-5-7-13-11(15-10)16(2)3/h5,7,9H,4,6,8,12H2,1-3H3,(H,13,14,15). The largest absolute Gasteiger partial charge is 0.370 e. The predicted octanol–water partition coefficient (Wildman–Crippen LogP) is 0.939. The number of aromatic nitrogens is 2. The average Bonchev–Trinajstić information content (AvgIpc) is 2.27. The van der Waals surface area contributed by atoms with Crippen LogP contribution >= 0.6 is 0 Å². The Morgan fingerprint density at radius 3 is 2.88 bits per heavy atom. The van der Waals surface area contributed by atoms with Crippen molar-refractivity contribution in [1.82, 2.24) is 9.97 Å². The summed E-state index contributed by atoms with van der Waals surface area (Å²) < 4.78 is 0. The van der Waals surface area contributed by atoms with Crippen molar-refractivity contribution in [2.24, 2.45) is 11.7 Å². The van der Waals surface area contributed by atoms with Gasteiger partial charge < -0.3 is 16.0 Å². The summed E-state index contributed by atoms with van der Waals surface area (Å²) in [4.78, 5) is 10.4. The molecule has 5 heteroatoms. The zero-order valence-electron chi connectivity index (χ0n) is 10.3. The van der Waals surface area contributed by atoms with Gasteiger partial charge in [-0.15, -0.1) is 0 Å². The van der Waals surface area contributed by atoms with E-state index in [1.165, 1.54) is 0 Å². The molecule has 0 bridgehead atoms. The smallest absolute Gasteiger partial charge is 0.226 e. The van der Waals surface area contributed by atoms with Gasteiger partial charge in [-0.05, 0) is 24.9 Å². The van der Waals surface area contributed by atoms with Gasteiger partial charge in [-0.1, -0.05) is 6.92 Å². The first kappa shape index (κ1) is 12.7. The van der Waals surface area contributed by atoms with Crippen LogP contribution in [0.4, 0.5) is 11.8 Å². The van der Waals surface area contributed by atoms with Crippen LogP contribution in [0.5, 0.6) is 0 Å². The Morgan fingerprint density at radius 1 is 1.50 bits per heavy atom. The minimum Gasteiger partial charge on any atom is -0.370 e. The van der Waals surface area contributed by atoms with Gasteiger partial charge in [0.15, 0.2) is 0 Å². The summed E-state index contributed by atoms with van der Waals surface area (Å²) in [5.41, 5.74) is 5.50. The minimum atomic E-state index is 0.558. The molecule has 0 aliphatic rings. The van der Waals surface area contributed by atoms with E-state index in [-0.39, 0.29) is 0 Å². The van der Waals surface area contributed by atoms with Crippen LogP contribution in [-0.4, -0.2) is 37.2 Å². The topological polar surface area (TPSA) is 67.1 Å². The molecule has 1 unspecified atom stereocenters. The van der Waals surface area contributed by atoms with E-state index in [1.54, 1.807) is 6.20 Å². The van der Waals surface area contributed by atoms with Crippen molar-refractivity contribution >= 4 is 11.8 Å². The van der Waals surface area contributed by atoms with Crippen LogP contribution in [0.25, 0.3) is 0 Å². The van der Waals surface area contributed by atoms with Gasteiger partial charge in [0, 0.05) is 26.8 Å². The predicted molar refractivity (Wildman–Crippen MR) is 67.7 cm³/mol. The molecule has 1 atom stereocenters. The highest BCUT2D eigenvalue weighted by molar-refractivity contribution is 5.40. The van der Waals surface area contributed by atoms with Gasteiger partial charge in [-0.2, -0.15) is 4.98 Å². The maximum Gasteiger partial charge on any atom is 0.226 e. The van der Waals surface area contributed by atoms with Crippen LogP contribution in [0.15, 0.2) is 12.3 Å². The molecule has 1 rings (SSSR count). The molecule has 0 spiro atoms. The van der Waals surface area contributed by atoms with Gasteiger partial charge in [0.25, 0.3) is 0 Å². The Balaban J connectivity index is 2.50. The molecular formula is C11H21N5. The summed E-state index contributed by atoms with van der Waals surface area (Å²) >= 11 is 0. The van der Waals surface area contributed by atoms with Gasteiger partial charge in [-0.25, -0.2) is 4.98 Å². The van der Waals surface area contributed by atoms with E-state index in [9.17, 15) is 0 Å². The lowest BCUT2D eigenvalue weighted by atomic mass is 10.1. The molecule has 0 radical (unpaired) electrons. The number of rotatable bonds is 6. The average molecular weight is 223 g/mol. The quantitative estimate of drug-likeness (QED) is 0.751. The third-order valence-electron chi connectivity index (χ3n) is 2.33. The molecule has 0 saturated carbocycles. The maximum absolute atomic E-state index is 5.50. The summed E-state index contributed by atoms with van der Waals surface area (Å²) in [5, 5.41) is 3.29. The first-order chi connectivity index (χ1) is 7.63. The highest BCUT2D eigenvalue weighted by atomic mass is 15.2. The van der Waals surface area contributed by atoms with E-state index in [0.717, 1.165) is 31.3 Å². The number of nitrogens with one attached hydrogen (secondary N) is 1. The summed E-state index contributed by atoms with van der Waals surface area (Å²) in [6, 6.07) is 1.88. The molecule has 5 nitrogen and oxygen atoms in total. The number of nitrogens with two attached hydrogens (primary N) is 1. The van der Waals surface area contributed by atoms with Gasteiger partial charge in [0.2, 0.25) is 5.95 Å². The van der Waals surface area contributed by atoms with Gasteiger partial charge in [0.1, 0.15) is 5.82 Å². The molecule has 90 valence electrons. The molecule has 0 aromatic carbocycles. The lowest BCUT2D eigenvalue weighted by Crippen LogP contribution is -2.17. The second-order valence-electron chi connectivity index (χ2n) is 4.20. The number of nitrogens with zero attached hydrogens (tertiary/aromatic N) is 3. The van der Waals surface area contributed by atoms with Crippen molar-refractivity contribution in [3.63, 3.8) is 0 Å². The van der Waals surface area contributed by atoms with Crippen molar-refractivity contribution in [3.05, 3.63) is 12.3 Å². The highest BCUT2D eigenvalue weighted by Crippen LogP contribution is 2.09. The minimum absolute atomic E-state index is 0.558. The van der Waals surface area contributed by atoms with Crippen LogP contribution in [0.1, 0.15) is 13.3 Å². The zero-order chi connectivity index (χ0) is 12.0. The van der Waals surface area contributed by atoms with Crippen LogP contribution in [0.3, 0.4) is 0 Å². The monoisotopic (exact) mass is 223 g/mol. The first-order valence-electron chi connectivity index (χ1n) is 5.57. The van der Waals surface area contributed by atoms with E-state index in [1.807, 2.05) is 25.1 Å². The molecule has 0 fully saturated rings. The molecule has 0 aliphatic carbocycles. The Morgan fingerprint density at radius 2 is 2.25 bits per heavy atom. The third-order valence-corrected chi connectivity index (χ3v) is 2.33. The molecule has 16 heavy (non-hydrogen) atoms. The number of anilines is 2. The third kappa shape index (κ3) is 4.02. The summed E-state index contributed by atoms with van der Waals surface area (Å²) in [6.45, 7) is 3.80. The van der Waals surface area contributed by atoms with Crippen molar-refractivity contribution in [3.8, 4) is 0 Å². The zero-order valence-corrected chi connectivity index (χ0v) is 10.3. The Bertz CT molecular complexity index is 313. The second-order valence-corrected chi connectivity index (χ2v) is 4.20. The van der Waals surface area contributed by atoms with E-state index in [0.29, 0.717) is 5.92 Å². The number of hydrogen-bond acceptors (Lipinski definition) is 5. The van der Waals surface area contributed by atoms with Crippen molar-refractivity contribution in [1.29, 1.82) is 0 Å². The fourth-order valence-corrected chi connectivity index (χ4v) is 1.33. The van der Waals surface area contributed by atoms with Crippen LogP contribution in [0, 0.1) is 5.92 Å². The van der Waals surface area contributed by atoms with Gasteiger partial charge in [0.05, 0.1) is 0 Å². The van der Waals surface area contributed by atoms with Crippen LogP contribution in [0.2, 0.25) is 0 Å². The van der Waals surface area contributed by atoms with E-state index in [2.05, 4.69) is 22.2 Å². The molecular weight excluding hydrogens is 202 g/mol. The molecule has 1 aromatic heterocycles. The first-order valence-corrected chi connectivity index (χ1v) is 5.57. The second kappa shape index (κ2) is 6.27. The lowest BCUT2D eigenvalue weighted by molar-refractivity contribution is 0.567. The van der Waals surface area contributed by atoms with Crippen molar-refractivity contribution < 1.29 is 0 Å². The number of hydrogen-bond donors (Lipinski definition) is 2. The maximum atomic E-state index is 5.50. The van der Waals surface area contributed by atoms with E-state index < -0.39 is 0 Å². The van der Waals surface area contributed by atoms with Crippen molar-refractivity contribution in [2.75, 3.05) is 37.4 Å². The summed E-state index contributed by atoms with van der Waals surface area (Å²) in [5.74, 6) is 2.14. The van der Waals surface area contributed by atoms with Crippen LogP contribution < -0.4 is 16.0 Å². The van der Waals surface area contributed by atoms with Crippen molar-refractivity contribution in [2.45, 2.75) is 13.3 Å². The van der Waals surface area contributed by atoms with E-state index in [4.69, 9.17) is 5.73 Å². The van der Waals surface area contributed by atoms with Gasteiger partial charge in [-0.3, -0.25) is 0 Å². The Kier molecular flexibility index (Phi) is 4.98. The normalized spacial score (nSPS) is 12.2. The molecule has 0 aliphatic heterocycles. The molecule has 0 amide bonds. The molecule has 1 heterocycles. The molecule has 3 N–H and O–H groups in total. The van der Waals surface area contributed by atoms with E-state index >= 15 is 0 Å². The van der Waals surface area contributed by atoms with Gasteiger partial charge >= 0.3 is 0 Å². The lowest BCUT2D eigenvalue weighted by Gasteiger charge is -2.14. The fraction of sp³-hybridized carbons (Fsp3) is 0.636. The highest BCUT2D eigenvalue weighted by Gasteiger charge is 2.03. The van der Waals surface area contributed by atoms with Crippen LogP contribution in [-0.2, 0) is 0 Å². The Labute approximate surface area is 97.1 Å².